The Labute approximate surface area is 181 Å². The predicted octanol–water partition coefficient (Wildman–Crippen LogP) is 3.25. The van der Waals surface area contributed by atoms with Crippen LogP contribution < -0.4 is 19.9 Å². The van der Waals surface area contributed by atoms with Crippen LogP contribution >= 0.6 is 0 Å². The fourth-order valence-corrected chi connectivity index (χ4v) is 3.03. The quantitative estimate of drug-likeness (QED) is 0.274. The van der Waals surface area contributed by atoms with Gasteiger partial charge in [0, 0.05) is 17.7 Å². The summed E-state index contributed by atoms with van der Waals surface area (Å²) in [4.78, 5) is 39.6. The third-order valence-corrected chi connectivity index (χ3v) is 4.57. The highest BCUT2D eigenvalue weighted by Crippen LogP contribution is 2.36. The predicted molar refractivity (Wildman–Crippen MR) is 114 cm³/mol. The maximum absolute atomic E-state index is 12.9. The number of benzene rings is 2. The first kappa shape index (κ1) is 20.5. The number of anilines is 1. The van der Waals surface area contributed by atoms with Crippen molar-refractivity contribution in [1.82, 2.24) is 10.4 Å². The fraction of sp³-hybridized carbons (Fsp3) is 0.0455. The summed E-state index contributed by atoms with van der Waals surface area (Å²) in [7, 11) is 1.44. The number of hydrogen-bond donors (Lipinski definition) is 1. The number of pyridine rings is 1. The molecule has 0 saturated carbocycles. The number of ether oxygens (including phenoxy) is 2. The molecule has 10 heteroatoms. The van der Waals surface area contributed by atoms with Crippen molar-refractivity contribution in [1.29, 1.82) is 0 Å². The molecule has 0 atom stereocenters. The van der Waals surface area contributed by atoms with Gasteiger partial charge in [-0.25, -0.2) is 9.99 Å². The van der Waals surface area contributed by atoms with Crippen molar-refractivity contribution in [2.75, 3.05) is 12.1 Å². The minimum atomic E-state index is -0.571. The summed E-state index contributed by atoms with van der Waals surface area (Å²) < 4.78 is 11.1. The van der Waals surface area contributed by atoms with Crippen LogP contribution in [0.1, 0.15) is 5.56 Å². The van der Waals surface area contributed by atoms with Gasteiger partial charge in [0.1, 0.15) is 11.8 Å². The minimum Gasteiger partial charge on any atom is -0.493 e. The van der Waals surface area contributed by atoms with Crippen LogP contribution in [0.5, 0.6) is 17.4 Å². The Morgan fingerprint density at radius 2 is 1.84 bits per heavy atom. The Hall–Kier alpha value is -4.73. The van der Waals surface area contributed by atoms with E-state index in [0.29, 0.717) is 17.0 Å². The molecule has 2 heterocycles. The lowest BCUT2D eigenvalue weighted by molar-refractivity contribution is -0.385. The molecule has 1 aliphatic rings. The van der Waals surface area contributed by atoms with Gasteiger partial charge in [-0.05, 0) is 24.3 Å². The first-order chi connectivity index (χ1) is 15.5. The summed E-state index contributed by atoms with van der Waals surface area (Å²) >= 11 is 0. The molecule has 0 spiro atoms. The van der Waals surface area contributed by atoms with Crippen LogP contribution in [0.4, 0.5) is 11.4 Å². The molecule has 1 aromatic heterocycles. The highest BCUT2D eigenvalue weighted by Gasteiger charge is 2.34. The summed E-state index contributed by atoms with van der Waals surface area (Å²) in [5.41, 5.74) is 3.16. The zero-order valence-corrected chi connectivity index (χ0v) is 16.7. The van der Waals surface area contributed by atoms with Crippen LogP contribution in [-0.2, 0) is 9.59 Å². The summed E-state index contributed by atoms with van der Waals surface area (Å²) in [6.07, 6.45) is 2.46. The number of rotatable bonds is 6. The van der Waals surface area contributed by atoms with Gasteiger partial charge in [0.25, 0.3) is 17.5 Å². The number of hydrogen-bond acceptors (Lipinski definition) is 7. The van der Waals surface area contributed by atoms with Crippen molar-refractivity contribution in [3.63, 3.8) is 0 Å². The maximum Gasteiger partial charge on any atom is 0.287 e. The first-order valence-electron chi connectivity index (χ1n) is 9.35. The topological polar surface area (TPSA) is 124 Å². The van der Waals surface area contributed by atoms with E-state index in [9.17, 15) is 19.7 Å². The van der Waals surface area contributed by atoms with Crippen molar-refractivity contribution in [3.05, 3.63) is 88.1 Å². The van der Waals surface area contributed by atoms with Gasteiger partial charge in [0.05, 0.1) is 17.7 Å². The van der Waals surface area contributed by atoms with E-state index in [1.165, 1.54) is 25.3 Å². The fourth-order valence-electron chi connectivity index (χ4n) is 3.03. The molecule has 1 fully saturated rings. The number of methoxy groups -OCH3 is 1. The number of aromatic nitrogens is 1. The molecule has 3 aromatic rings. The Kier molecular flexibility index (Phi) is 5.49. The maximum atomic E-state index is 12.9. The van der Waals surface area contributed by atoms with Crippen LogP contribution in [0.2, 0.25) is 0 Å². The first-order valence-corrected chi connectivity index (χ1v) is 9.35. The number of nitro groups is 1. The SMILES string of the molecule is COc1cccc(C=C2C(=O)NN(c3ccccc3)C2=O)c1Oc1ccc([N+](=O)[O-])cn1. The summed E-state index contributed by atoms with van der Waals surface area (Å²) in [6, 6.07) is 16.2. The van der Waals surface area contributed by atoms with Crippen molar-refractivity contribution >= 4 is 29.3 Å². The zero-order chi connectivity index (χ0) is 22.7. The summed E-state index contributed by atoms with van der Waals surface area (Å²) in [6.45, 7) is 0. The van der Waals surface area contributed by atoms with Gasteiger partial charge < -0.3 is 9.47 Å². The monoisotopic (exact) mass is 432 g/mol. The Morgan fingerprint density at radius 1 is 1.06 bits per heavy atom. The average molecular weight is 432 g/mol. The number of para-hydroxylation sites is 2. The van der Waals surface area contributed by atoms with Gasteiger partial charge in [0.15, 0.2) is 11.5 Å². The minimum absolute atomic E-state index is 0.0767. The van der Waals surface area contributed by atoms with Crippen LogP contribution in [0.3, 0.4) is 0 Å². The van der Waals surface area contributed by atoms with Crippen molar-refractivity contribution in [2.24, 2.45) is 0 Å². The number of hydrazine groups is 1. The van der Waals surface area contributed by atoms with Gasteiger partial charge in [-0.1, -0.05) is 30.3 Å². The van der Waals surface area contributed by atoms with E-state index in [-0.39, 0.29) is 22.9 Å². The molecule has 0 bridgehead atoms. The molecule has 4 rings (SSSR count). The second-order valence-electron chi connectivity index (χ2n) is 6.57. The van der Waals surface area contributed by atoms with E-state index in [2.05, 4.69) is 10.4 Å². The second-order valence-corrected chi connectivity index (χ2v) is 6.57. The summed E-state index contributed by atoms with van der Waals surface area (Å²) in [5.74, 6) is -0.495. The Bertz CT molecular complexity index is 1220. The van der Waals surface area contributed by atoms with Crippen LogP contribution in [-0.4, -0.2) is 28.8 Å². The molecule has 0 radical (unpaired) electrons. The molecule has 1 aliphatic heterocycles. The molecule has 2 aromatic carbocycles. The lowest BCUT2D eigenvalue weighted by Gasteiger charge is -2.14. The van der Waals surface area contributed by atoms with Crippen molar-refractivity contribution < 1.29 is 24.0 Å². The molecule has 32 heavy (non-hydrogen) atoms. The highest BCUT2D eigenvalue weighted by molar-refractivity contribution is 6.31. The molecule has 1 saturated heterocycles. The van der Waals surface area contributed by atoms with Crippen molar-refractivity contribution in [2.45, 2.75) is 0 Å². The number of carbonyl (C=O) groups excluding carboxylic acids is 2. The third kappa shape index (κ3) is 3.97. The molecule has 2 amide bonds. The van der Waals surface area contributed by atoms with E-state index in [1.54, 1.807) is 48.5 Å². The van der Waals surface area contributed by atoms with Crippen molar-refractivity contribution in [3.8, 4) is 17.4 Å². The third-order valence-electron chi connectivity index (χ3n) is 4.57. The molecule has 0 aliphatic carbocycles. The molecule has 160 valence electrons. The van der Waals surface area contributed by atoms with Gasteiger partial charge in [-0.3, -0.25) is 25.1 Å². The molecule has 10 nitrogen and oxygen atoms in total. The normalized spacial score (nSPS) is 14.4. The largest absolute Gasteiger partial charge is 0.493 e. The highest BCUT2D eigenvalue weighted by atomic mass is 16.6. The molecular weight excluding hydrogens is 416 g/mol. The van der Waals surface area contributed by atoms with Gasteiger partial charge in [0.2, 0.25) is 5.88 Å². The van der Waals surface area contributed by atoms with Crippen LogP contribution in [0, 0.1) is 10.1 Å². The smallest absolute Gasteiger partial charge is 0.287 e. The Morgan fingerprint density at radius 3 is 2.50 bits per heavy atom. The number of nitrogens with zero attached hydrogens (tertiary/aromatic N) is 3. The molecule has 0 unspecified atom stereocenters. The number of nitrogens with one attached hydrogen (secondary N) is 1. The van der Waals surface area contributed by atoms with E-state index < -0.39 is 16.7 Å². The average Bonchev–Trinajstić information content (AvgIpc) is 3.09. The Balaban J connectivity index is 1.69. The van der Waals surface area contributed by atoms with E-state index in [4.69, 9.17) is 9.47 Å². The lowest BCUT2D eigenvalue weighted by atomic mass is 10.1. The van der Waals surface area contributed by atoms with Crippen LogP contribution in [0.25, 0.3) is 6.08 Å². The second kappa shape index (κ2) is 8.56. The van der Waals surface area contributed by atoms with Gasteiger partial charge >= 0.3 is 0 Å². The number of amides is 2. The molecule has 1 N–H and O–H groups in total. The van der Waals surface area contributed by atoms with Gasteiger partial charge in [-0.2, -0.15) is 0 Å². The lowest BCUT2D eigenvalue weighted by Crippen LogP contribution is -2.35. The summed E-state index contributed by atoms with van der Waals surface area (Å²) in [5, 5.41) is 12.0. The van der Waals surface area contributed by atoms with Gasteiger partial charge in [-0.15, -0.1) is 0 Å². The van der Waals surface area contributed by atoms with E-state index >= 15 is 0 Å². The standard InChI is InChI=1S/C22H16N4O6/c1-31-18-9-5-6-14(20(18)32-19-11-10-16(13-23-19)26(29)30)12-17-21(27)24-25(22(17)28)15-7-3-2-4-8-15/h2-13H,1H3,(H,24,27). The van der Waals surface area contributed by atoms with Crippen LogP contribution in [0.15, 0.2) is 72.4 Å². The molecular formula is C22H16N4O6. The number of carbonyl (C=O) groups is 2. The van der Waals surface area contributed by atoms with E-state index in [0.717, 1.165) is 11.2 Å². The van der Waals surface area contributed by atoms with E-state index in [1.807, 2.05) is 0 Å². The zero-order valence-electron chi connectivity index (χ0n) is 16.7.